The fourth-order valence-corrected chi connectivity index (χ4v) is 6.72. The summed E-state index contributed by atoms with van der Waals surface area (Å²) in [6.45, 7) is -1.33. The first-order chi connectivity index (χ1) is 19.1. The molecule has 1 fully saturated rings. The van der Waals surface area contributed by atoms with Crippen molar-refractivity contribution in [1.29, 1.82) is 5.26 Å². The van der Waals surface area contributed by atoms with E-state index in [1.807, 2.05) is 22.8 Å². The van der Waals surface area contributed by atoms with E-state index in [4.69, 9.17) is 9.72 Å². The average Bonchev–Trinajstić information content (AvgIpc) is 3.44. The number of fused-ring (bicyclic) bond motifs is 9. The molecule has 2 aromatic carbocycles. The Hall–Kier alpha value is -4.43. The van der Waals surface area contributed by atoms with Crippen LogP contribution in [0.5, 0.6) is 5.75 Å². The Morgan fingerprint density at radius 3 is 2.58 bits per heavy atom. The molecule has 1 N–H and O–H groups in total. The Morgan fingerprint density at radius 1 is 1.15 bits per heavy atom. The first-order valence-corrected chi connectivity index (χ1v) is 12.9. The smallest absolute Gasteiger partial charge is 0.387 e. The first-order valence-electron chi connectivity index (χ1n) is 12.9. The minimum atomic E-state index is -3.03. The summed E-state index contributed by atoms with van der Waals surface area (Å²) in [6, 6.07) is 11.9. The second-order valence-corrected chi connectivity index (χ2v) is 11.2. The Balaban J connectivity index is 1.33. The highest BCUT2D eigenvalue weighted by molar-refractivity contribution is 5.98. The Labute approximate surface area is 227 Å². The molecule has 4 heterocycles. The van der Waals surface area contributed by atoms with Gasteiger partial charge >= 0.3 is 6.61 Å². The molecule has 2 atom stereocenters. The van der Waals surface area contributed by atoms with Crippen LogP contribution in [0.4, 0.5) is 8.78 Å². The summed E-state index contributed by atoms with van der Waals surface area (Å²) in [5.74, 6) is 0.792. The highest BCUT2D eigenvalue weighted by Gasteiger charge is 2.54. The van der Waals surface area contributed by atoms with E-state index in [1.54, 1.807) is 43.4 Å². The van der Waals surface area contributed by atoms with E-state index in [9.17, 15) is 23.9 Å². The van der Waals surface area contributed by atoms with E-state index in [2.05, 4.69) is 16.0 Å². The van der Waals surface area contributed by atoms with Crippen LogP contribution in [0.1, 0.15) is 65.8 Å². The molecule has 4 aromatic rings. The second kappa shape index (κ2) is 8.29. The summed E-state index contributed by atoms with van der Waals surface area (Å²) >= 11 is 0. The molecule has 0 radical (unpaired) electrons. The number of aromatic nitrogens is 4. The van der Waals surface area contributed by atoms with E-state index in [1.165, 1.54) is 6.07 Å². The number of alkyl halides is 2. The zero-order valence-corrected chi connectivity index (χ0v) is 21.7. The van der Waals surface area contributed by atoms with Crippen LogP contribution in [-0.4, -0.2) is 54.7 Å². The maximum Gasteiger partial charge on any atom is 0.387 e. The van der Waals surface area contributed by atoms with Gasteiger partial charge in [0.05, 0.1) is 34.8 Å². The topological polar surface area (TPSA) is 117 Å². The van der Waals surface area contributed by atoms with Crippen molar-refractivity contribution in [2.24, 2.45) is 0 Å². The van der Waals surface area contributed by atoms with Crippen molar-refractivity contribution < 1.29 is 23.4 Å². The summed E-state index contributed by atoms with van der Waals surface area (Å²) in [6.07, 6.45) is 4.37. The fraction of sp³-hybridized carbons (Fsp3) is 0.345. The van der Waals surface area contributed by atoms with Crippen LogP contribution in [0.2, 0.25) is 0 Å². The Bertz CT molecular complexity index is 1740. The highest BCUT2D eigenvalue weighted by atomic mass is 19.3. The molecule has 40 heavy (non-hydrogen) atoms. The molecule has 1 aliphatic carbocycles. The number of aliphatic hydroxyl groups is 1. The maximum absolute atomic E-state index is 13.3. The van der Waals surface area contributed by atoms with E-state index >= 15 is 0 Å². The van der Waals surface area contributed by atoms with Gasteiger partial charge in [-0.05, 0) is 36.8 Å². The van der Waals surface area contributed by atoms with Crippen LogP contribution in [0.25, 0.3) is 22.2 Å². The molecule has 2 aliphatic heterocycles. The van der Waals surface area contributed by atoms with Gasteiger partial charge in [-0.3, -0.25) is 4.79 Å². The minimum absolute atomic E-state index is 0.0175. The number of rotatable bonds is 4. The van der Waals surface area contributed by atoms with Gasteiger partial charge in [-0.25, -0.2) is 15.0 Å². The molecule has 3 aliphatic rings. The summed E-state index contributed by atoms with van der Waals surface area (Å²) in [7, 11) is 1.70. The zero-order valence-electron chi connectivity index (χ0n) is 21.7. The molecule has 2 bridgehead atoms. The molecule has 7 rings (SSSR count). The zero-order chi connectivity index (χ0) is 28.0. The Kier molecular flexibility index (Phi) is 5.10. The van der Waals surface area contributed by atoms with Crippen LogP contribution < -0.4 is 4.74 Å². The largest absolute Gasteiger partial charge is 0.434 e. The van der Waals surface area contributed by atoms with Crippen molar-refractivity contribution in [3.8, 4) is 22.9 Å². The summed E-state index contributed by atoms with van der Waals surface area (Å²) < 4.78 is 33.6. The third-order valence-electron chi connectivity index (χ3n) is 8.40. The highest BCUT2D eigenvalue weighted by Crippen LogP contribution is 2.51. The predicted molar refractivity (Wildman–Crippen MR) is 139 cm³/mol. The molecular weight excluding hydrogens is 518 g/mol. The number of carbonyl (C=O) groups is 1. The van der Waals surface area contributed by atoms with Crippen molar-refractivity contribution >= 4 is 16.9 Å². The van der Waals surface area contributed by atoms with Crippen LogP contribution in [-0.2, 0) is 5.41 Å². The molecule has 11 heteroatoms. The molecule has 1 amide bonds. The van der Waals surface area contributed by atoms with Crippen molar-refractivity contribution in [2.45, 2.75) is 55.9 Å². The van der Waals surface area contributed by atoms with Crippen LogP contribution >= 0.6 is 0 Å². The van der Waals surface area contributed by atoms with Crippen LogP contribution in [0, 0.1) is 11.3 Å². The lowest BCUT2D eigenvalue weighted by Gasteiger charge is -2.45. The fourth-order valence-electron chi connectivity index (χ4n) is 6.72. The number of benzene rings is 2. The van der Waals surface area contributed by atoms with E-state index < -0.39 is 23.7 Å². The van der Waals surface area contributed by atoms with Crippen LogP contribution in [0.15, 0.2) is 48.8 Å². The minimum Gasteiger partial charge on any atom is -0.434 e. The van der Waals surface area contributed by atoms with Crippen molar-refractivity contribution in [3.05, 3.63) is 71.6 Å². The molecule has 2 aromatic heterocycles. The second-order valence-electron chi connectivity index (χ2n) is 11.2. The van der Waals surface area contributed by atoms with Crippen molar-refractivity contribution in [1.82, 2.24) is 24.4 Å². The number of carbonyl (C=O) groups excluding carboxylic acids is 1. The van der Waals surface area contributed by atoms with E-state index in [0.717, 1.165) is 16.6 Å². The number of nitrogens with zero attached hydrogens (tertiary/aromatic N) is 6. The van der Waals surface area contributed by atoms with Gasteiger partial charge in [-0.15, -0.1) is 0 Å². The van der Waals surface area contributed by atoms with Gasteiger partial charge in [0.2, 0.25) is 0 Å². The number of ether oxygens (including phenoxy) is 1. The quantitative estimate of drug-likeness (QED) is 0.403. The lowest BCUT2D eigenvalue weighted by molar-refractivity contribution is -0.0583. The molecule has 9 nitrogen and oxygen atoms in total. The third-order valence-corrected chi connectivity index (χ3v) is 8.40. The van der Waals surface area contributed by atoms with Gasteiger partial charge in [-0.1, -0.05) is 12.1 Å². The van der Waals surface area contributed by atoms with Gasteiger partial charge in [-0.2, -0.15) is 14.0 Å². The van der Waals surface area contributed by atoms with Gasteiger partial charge in [0.25, 0.3) is 5.91 Å². The number of hydrogen-bond donors (Lipinski definition) is 1. The number of nitriles is 1. The molecule has 0 saturated heterocycles. The number of imidazole rings is 1. The lowest BCUT2D eigenvalue weighted by Crippen LogP contribution is -2.52. The molecule has 1 saturated carbocycles. The van der Waals surface area contributed by atoms with E-state index in [-0.39, 0.29) is 30.5 Å². The summed E-state index contributed by atoms with van der Waals surface area (Å²) in [5.41, 5.74) is 2.00. The van der Waals surface area contributed by atoms with Crippen molar-refractivity contribution in [2.75, 3.05) is 7.05 Å². The van der Waals surface area contributed by atoms with Gasteiger partial charge in [0.15, 0.2) is 0 Å². The molecule has 1 unspecified atom stereocenters. The third kappa shape index (κ3) is 3.45. The van der Waals surface area contributed by atoms with Gasteiger partial charge in [0, 0.05) is 55.4 Å². The normalized spacial score (nSPS) is 26.7. The Morgan fingerprint density at radius 2 is 1.90 bits per heavy atom. The lowest BCUT2D eigenvalue weighted by atomic mass is 9.60. The summed E-state index contributed by atoms with van der Waals surface area (Å²) in [4.78, 5) is 28.7. The van der Waals surface area contributed by atoms with E-state index in [0.29, 0.717) is 34.7 Å². The van der Waals surface area contributed by atoms with Gasteiger partial charge < -0.3 is 19.3 Å². The molecule has 0 spiro atoms. The number of halogens is 2. The number of hydrogen-bond acceptors (Lipinski definition) is 7. The predicted octanol–water partition coefficient (Wildman–Crippen LogP) is 4.52. The molecule has 202 valence electrons. The van der Waals surface area contributed by atoms with Gasteiger partial charge in [0.1, 0.15) is 22.8 Å². The monoisotopic (exact) mass is 542 g/mol. The first kappa shape index (κ1) is 24.6. The standard InChI is InChI=1S/C29H24F2N6O3/c1-28(39)12-29(13-28,14-32)26-33-10-16(11-34-26)15-6-7-18-19(8-15)37-20-9-21(24(37)35-18)36(2)25(38)17-4-3-5-22(23(17)20)40-27(30)31/h3-8,10-11,20-21,27,39H,9,12-13H2,1-2H3/t20-,21?,28-,29-/m0/s1. The summed E-state index contributed by atoms with van der Waals surface area (Å²) in [5, 5.41) is 19.9. The average molecular weight is 543 g/mol. The van der Waals surface area contributed by atoms with Crippen LogP contribution in [0.3, 0.4) is 0 Å². The van der Waals surface area contributed by atoms with Crippen molar-refractivity contribution in [3.63, 3.8) is 0 Å². The number of amides is 1. The molecular formula is C29H24F2N6O3. The maximum atomic E-state index is 13.3. The SMILES string of the molecule is CN1C(=O)c2cccc(OC(F)F)c2[C@@H]2CC1c1nc3ccc(-c4cnc([C@]5(C#N)C[C@@](C)(O)C5)nc4)cc3n12.